The SMILES string of the molecule is O=C(NCCn1ccnc1-c1ccccn1)c1cc2ccccc2o1. The van der Waals surface area contributed by atoms with E-state index in [-0.39, 0.29) is 5.91 Å². The molecule has 0 spiro atoms. The van der Waals surface area contributed by atoms with E-state index in [1.807, 2.05) is 53.2 Å². The van der Waals surface area contributed by atoms with Crippen LogP contribution in [0.15, 0.2) is 71.5 Å². The van der Waals surface area contributed by atoms with Crippen LogP contribution in [-0.2, 0) is 6.54 Å². The fraction of sp³-hybridized carbons (Fsp3) is 0.105. The summed E-state index contributed by atoms with van der Waals surface area (Å²) in [6.45, 7) is 1.06. The third kappa shape index (κ3) is 3.14. The van der Waals surface area contributed by atoms with Gasteiger partial charge in [-0.1, -0.05) is 24.3 Å². The van der Waals surface area contributed by atoms with Gasteiger partial charge in [0.1, 0.15) is 11.3 Å². The van der Waals surface area contributed by atoms with Crippen molar-refractivity contribution in [3.8, 4) is 11.5 Å². The zero-order chi connectivity index (χ0) is 17.1. The van der Waals surface area contributed by atoms with Crippen molar-refractivity contribution in [3.63, 3.8) is 0 Å². The van der Waals surface area contributed by atoms with Crippen molar-refractivity contribution in [2.75, 3.05) is 6.54 Å². The van der Waals surface area contributed by atoms with E-state index in [0.29, 0.717) is 24.4 Å². The van der Waals surface area contributed by atoms with Gasteiger partial charge < -0.3 is 14.3 Å². The molecule has 25 heavy (non-hydrogen) atoms. The summed E-state index contributed by atoms with van der Waals surface area (Å²) in [4.78, 5) is 20.9. The average Bonchev–Trinajstić information content (AvgIpc) is 3.29. The van der Waals surface area contributed by atoms with Gasteiger partial charge >= 0.3 is 0 Å². The smallest absolute Gasteiger partial charge is 0.287 e. The van der Waals surface area contributed by atoms with Gasteiger partial charge in [0.25, 0.3) is 5.91 Å². The summed E-state index contributed by atoms with van der Waals surface area (Å²) < 4.78 is 7.53. The fourth-order valence-electron chi connectivity index (χ4n) is 2.69. The lowest BCUT2D eigenvalue weighted by molar-refractivity contribution is 0.0927. The molecule has 1 N–H and O–H groups in total. The zero-order valence-electron chi connectivity index (χ0n) is 13.4. The molecule has 0 aliphatic rings. The third-order valence-corrected chi connectivity index (χ3v) is 3.90. The first kappa shape index (κ1) is 15.1. The number of para-hydroxylation sites is 1. The Morgan fingerprint density at radius 3 is 2.80 bits per heavy atom. The molecule has 4 rings (SSSR count). The number of nitrogens with zero attached hydrogens (tertiary/aromatic N) is 3. The number of nitrogens with one attached hydrogen (secondary N) is 1. The number of hydrogen-bond acceptors (Lipinski definition) is 4. The maximum absolute atomic E-state index is 12.3. The van der Waals surface area contributed by atoms with Crippen molar-refractivity contribution >= 4 is 16.9 Å². The summed E-state index contributed by atoms with van der Waals surface area (Å²) in [5.41, 5.74) is 1.51. The number of furan rings is 1. The van der Waals surface area contributed by atoms with Gasteiger partial charge in [-0.15, -0.1) is 0 Å². The summed E-state index contributed by atoms with van der Waals surface area (Å²) in [5.74, 6) is 0.867. The topological polar surface area (TPSA) is 73.0 Å². The number of rotatable bonds is 5. The molecule has 3 aromatic heterocycles. The maximum Gasteiger partial charge on any atom is 0.287 e. The molecule has 1 aromatic carbocycles. The molecule has 124 valence electrons. The predicted octanol–water partition coefficient (Wildman–Crippen LogP) is 3.12. The Kier molecular flexibility index (Phi) is 4.00. The van der Waals surface area contributed by atoms with E-state index in [9.17, 15) is 4.79 Å². The molecule has 4 aromatic rings. The monoisotopic (exact) mass is 332 g/mol. The van der Waals surface area contributed by atoms with Crippen molar-refractivity contribution in [1.29, 1.82) is 0 Å². The van der Waals surface area contributed by atoms with Crippen LogP contribution in [0.2, 0.25) is 0 Å². The molecule has 0 unspecified atom stereocenters. The number of benzene rings is 1. The van der Waals surface area contributed by atoms with Crippen LogP contribution < -0.4 is 5.32 Å². The van der Waals surface area contributed by atoms with E-state index in [2.05, 4.69) is 15.3 Å². The lowest BCUT2D eigenvalue weighted by atomic mass is 10.2. The van der Waals surface area contributed by atoms with Gasteiger partial charge in [-0.05, 0) is 24.3 Å². The highest BCUT2D eigenvalue weighted by Gasteiger charge is 2.12. The number of imidazole rings is 1. The van der Waals surface area contributed by atoms with Crippen molar-refractivity contribution in [1.82, 2.24) is 19.9 Å². The number of amides is 1. The molecule has 6 heteroatoms. The van der Waals surface area contributed by atoms with Crippen molar-refractivity contribution < 1.29 is 9.21 Å². The molecule has 0 atom stereocenters. The Hall–Kier alpha value is -3.41. The van der Waals surface area contributed by atoms with E-state index in [1.165, 1.54) is 0 Å². The lowest BCUT2D eigenvalue weighted by Gasteiger charge is -2.08. The quantitative estimate of drug-likeness (QED) is 0.609. The van der Waals surface area contributed by atoms with E-state index in [0.717, 1.165) is 16.9 Å². The largest absolute Gasteiger partial charge is 0.451 e. The third-order valence-electron chi connectivity index (χ3n) is 3.90. The molecule has 0 saturated carbocycles. The highest BCUT2D eigenvalue weighted by molar-refractivity contribution is 5.96. The molecule has 3 heterocycles. The molecule has 0 saturated heterocycles. The van der Waals surface area contributed by atoms with Gasteiger partial charge in [-0.3, -0.25) is 9.78 Å². The number of carbonyl (C=O) groups excluding carboxylic acids is 1. The van der Waals surface area contributed by atoms with Crippen LogP contribution in [0, 0.1) is 0 Å². The van der Waals surface area contributed by atoms with E-state index < -0.39 is 0 Å². The molecule has 0 fully saturated rings. The van der Waals surface area contributed by atoms with Crippen LogP contribution in [0.4, 0.5) is 0 Å². The van der Waals surface area contributed by atoms with Crippen LogP contribution >= 0.6 is 0 Å². The Balaban J connectivity index is 1.41. The number of hydrogen-bond donors (Lipinski definition) is 1. The molecule has 0 bridgehead atoms. The number of aromatic nitrogens is 3. The van der Waals surface area contributed by atoms with Crippen LogP contribution in [0.5, 0.6) is 0 Å². The number of pyridine rings is 1. The Bertz CT molecular complexity index is 971. The Morgan fingerprint density at radius 1 is 1.08 bits per heavy atom. The van der Waals surface area contributed by atoms with Gasteiger partial charge in [-0.25, -0.2) is 4.98 Å². The van der Waals surface area contributed by atoms with Gasteiger partial charge in [-0.2, -0.15) is 0 Å². The minimum atomic E-state index is -0.226. The van der Waals surface area contributed by atoms with Crippen molar-refractivity contribution in [3.05, 3.63) is 72.9 Å². The summed E-state index contributed by atoms with van der Waals surface area (Å²) in [6, 6.07) is 15.0. The van der Waals surface area contributed by atoms with Crippen LogP contribution in [-0.4, -0.2) is 27.0 Å². The van der Waals surface area contributed by atoms with Crippen molar-refractivity contribution in [2.24, 2.45) is 0 Å². The minimum Gasteiger partial charge on any atom is -0.451 e. The normalized spacial score (nSPS) is 10.9. The van der Waals surface area contributed by atoms with Crippen molar-refractivity contribution in [2.45, 2.75) is 6.54 Å². The first-order valence-electron chi connectivity index (χ1n) is 8.00. The molecule has 6 nitrogen and oxygen atoms in total. The zero-order valence-corrected chi connectivity index (χ0v) is 13.4. The van der Waals surface area contributed by atoms with Gasteiger partial charge in [0.05, 0.1) is 0 Å². The molecular weight excluding hydrogens is 316 g/mol. The van der Waals surface area contributed by atoms with E-state index in [1.54, 1.807) is 18.5 Å². The summed E-state index contributed by atoms with van der Waals surface area (Å²) in [5, 5.41) is 3.79. The second-order valence-corrected chi connectivity index (χ2v) is 5.56. The Morgan fingerprint density at radius 2 is 1.96 bits per heavy atom. The molecule has 0 aliphatic carbocycles. The highest BCUT2D eigenvalue weighted by atomic mass is 16.3. The van der Waals surface area contributed by atoms with Gasteiger partial charge in [0.15, 0.2) is 11.6 Å². The predicted molar refractivity (Wildman–Crippen MR) is 94.0 cm³/mol. The van der Waals surface area contributed by atoms with Crippen LogP contribution in [0.1, 0.15) is 10.6 Å². The molecule has 1 amide bonds. The number of carbonyl (C=O) groups is 1. The van der Waals surface area contributed by atoms with Crippen LogP contribution in [0.25, 0.3) is 22.5 Å². The number of fused-ring (bicyclic) bond motifs is 1. The molecule has 0 aliphatic heterocycles. The molecular formula is C19H16N4O2. The van der Waals surface area contributed by atoms with E-state index in [4.69, 9.17) is 4.42 Å². The minimum absolute atomic E-state index is 0.226. The lowest BCUT2D eigenvalue weighted by Crippen LogP contribution is -2.26. The summed E-state index contributed by atoms with van der Waals surface area (Å²) >= 11 is 0. The fourth-order valence-corrected chi connectivity index (χ4v) is 2.69. The average molecular weight is 332 g/mol. The Labute approximate surface area is 144 Å². The maximum atomic E-state index is 12.3. The first-order valence-corrected chi connectivity index (χ1v) is 8.00. The highest BCUT2D eigenvalue weighted by Crippen LogP contribution is 2.18. The second-order valence-electron chi connectivity index (χ2n) is 5.56. The standard InChI is InChI=1S/C19H16N4O2/c24-19(17-13-14-5-1-2-7-16(14)25-17)22-10-12-23-11-9-21-18(23)15-6-3-4-8-20-15/h1-9,11,13H,10,12H2,(H,22,24). The van der Waals surface area contributed by atoms with E-state index >= 15 is 0 Å². The van der Waals surface area contributed by atoms with Gasteiger partial charge in [0.2, 0.25) is 0 Å². The van der Waals surface area contributed by atoms with Gasteiger partial charge in [0, 0.05) is 37.1 Å². The van der Waals surface area contributed by atoms with Crippen LogP contribution in [0.3, 0.4) is 0 Å². The summed E-state index contributed by atoms with van der Waals surface area (Å²) in [7, 11) is 0. The first-order chi connectivity index (χ1) is 12.3. The molecule has 0 radical (unpaired) electrons. The second kappa shape index (κ2) is 6.60. The summed E-state index contributed by atoms with van der Waals surface area (Å²) in [6.07, 6.45) is 5.33.